The summed E-state index contributed by atoms with van der Waals surface area (Å²) in [6.45, 7) is 0.250. The summed E-state index contributed by atoms with van der Waals surface area (Å²) >= 11 is 3.86. The number of thiazole rings is 1. The molecule has 3 aromatic heterocycles. The summed E-state index contributed by atoms with van der Waals surface area (Å²) in [7, 11) is 0. The average Bonchev–Trinajstić information content (AvgIpc) is 3.53. The van der Waals surface area contributed by atoms with Crippen LogP contribution in [-0.4, -0.2) is 67.2 Å². The number of primary amides is 1. The Morgan fingerprint density at radius 2 is 2.05 bits per heavy atom. The minimum Gasteiger partial charge on any atom is -0.477 e. The summed E-state index contributed by atoms with van der Waals surface area (Å²) in [5.74, 6) is -2.98. The molecule has 2 fully saturated rings. The van der Waals surface area contributed by atoms with Gasteiger partial charge in [0.25, 0.3) is 22.6 Å². The smallest absolute Gasteiger partial charge is 0.352 e. The molecule has 6 rings (SSSR count). The maximum absolute atomic E-state index is 13.4. The lowest BCUT2D eigenvalue weighted by Gasteiger charge is -2.49. The topological polar surface area (TPSA) is 220 Å². The SMILES string of the molecule is NC(=O)C1(O/N=C(\C(=O)NC2C(=O)N3C(C(=O)O)=C(C[n+]4cccc5c(N)csc54)CS[C@H]23)c2csc(N)n2)CCC1. The van der Waals surface area contributed by atoms with E-state index in [2.05, 4.69) is 15.5 Å². The van der Waals surface area contributed by atoms with Gasteiger partial charge in [0.15, 0.2) is 23.6 Å². The van der Waals surface area contributed by atoms with Crippen molar-refractivity contribution in [1.82, 2.24) is 15.2 Å². The molecule has 3 amide bonds. The number of hydrogen-bond acceptors (Lipinski definition) is 12. The van der Waals surface area contributed by atoms with Crippen LogP contribution in [0.2, 0.25) is 0 Å². The number of hydrogen-bond donors (Lipinski definition) is 5. The molecule has 14 nitrogen and oxygen atoms in total. The number of β-lactam (4-membered cyclic amide) rings is 1. The Morgan fingerprint density at radius 3 is 2.69 bits per heavy atom. The molecule has 0 radical (unpaired) electrons. The second-order valence-electron chi connectivity index (χ2n) is 9.98. The number of carbonyl (C=O) groups is 4. The number of nitrogens with one attached hydrogen (secondary N) is 1. The second kappa shape index (κ2) is 10.6. The normalized spacial score (nSPS) is 21.4. The predicted octanol–water partition coefficient (Wildman–Crippen LogP) is 0.377. The maximum Gasteiger partial charge on any atom is 0.352 e. The Hall–Kier alpha value is -4.22. The van der Waals surface area contributed by atoms with Crippen LogP contribution in [0, 0.1) is 0 Å². The highest BCUT2D eigenvalue weighted by Crippen LogP contribution is 2.41. The summed E-state index contributed by atoms with van der Waals surface area (Å²) in [5.41, 5.74) is 16.9. The molecule has 0 spiro atoms. The van der Waals surface area contributed by atoms with Gasteiger partial charge in [-0.15, -0.1) is 23.1 Å². The fraction of sp³-hybridized carbons (Fsp3) is 0.320. The molecule has 1 saturated heterocycles. The van der Waals surface area contributed by atoms with Crippen molar-refractivity contribution in [2.24, 2.45) is 10.9 Å². The van der Waals surface area contributed by atoms with Gasteiger partial charge in [0.1, 0.15) is 22.8 Å². The number of carboxylic acid groups (broad SMARTS) is 1. The van der Waals surface area contributed by atoms with Crippen molar-refractivity contribution in [3.8, 4) is 0 Å². The number of nitrogens with zero attached hydrogens (tertiary/aromatic N) is 4. The predicted molar refractivity (Wildman–Crippen MR) is 156 cm³/mol. The first kappa shape index (κ1) is 27.9. The van der Waals surface area contributed by atoms with Crippen LogP contribution in [0.15, 0.2) is 45.5 Å². The van der Waals surface area contributed by atoms with E-state index >= 15 is 0 Å². The number of aliphatic carboxylic acids is 1. The van der Waals surface area contributed by atoms with Gasteiger partial charge in [0.05, 0.1) is 11.1 Å². The molecule has 2 atom stereocenters. The number of rotatable bonds is 9. The number of nitrogen functional groups attached to an aromatic ring is 2. The first-order chi connectivity index (χ1) is 20.1. The van der Waals surface area contributed by atoms with E-state index in [1.165, 1.54) is 33.4 Å². The summed E-state index contributed by atoms with van der Waals surface area (Å²) in [6.07, 6.45) is 3.26. The van der Waals surface area contributed by atoms with Gasteiger partial charge in [-0.1, -0.05) is 16.5 Å². The summed E-state index contributed by atoms with van der Waals surface area (Å²) in [5, 5.41) is 20.4. The second-order valence-corrected chi connectivity index (χ2v) is 12.8. The van der Waals surface area contributed by atoms with Gasteiger partial charge >= 0.3 is 5.97 Å². The summed E-state index contributed by atoms with van der Waals surface area (Å²) in [6, 6.07) is 2.70. The van der Waals surface area contributed by atoms with Gasteiger partial charge in [0.2, 0.25) is 5.60 Å². The third kappa shape index (κ3) is 4.62. The maximum atomic E-state index is 13.4. The first-order valence-electron chi connectivity index (χ1n) is 12.7. The molecule has 1 unspecified atom stereocenters. The Balaban J connectivity index is 1.23. The highest BCUT2D eigenvalue weighted by Gasteiger charge is 2.55. The van der Waals surface area contributed by atoms with Crippen molar-refractivity contribution in [3.05, 3.63) is 46.1 Å². The quantitative estimate of drug-likeness (QED) is 0.0947. The Kier molecular flexibility index (Phi) is 7.02. The zero-order chi connectivity index (χ0) is 29.8. The largest absolute Gasteiger partial charge is 0.477 e. The molecule has 2 aliphatic heterocycles. The number of thioether (sulfide) groups is 1. The molecule has 3 aliphatic rings. The third-order valence-corrected chi connectivity index (χ3v) is 10.5. The van der Waals surface area contributed by atoms with E-state index in [-0.39, 0.29) is 28.8 Å². The molecule has 1 aliphatic carbocycles. The molecule has 42 heavy (non-hydrogen) atoms. The minimum atomic E-state index is -1.32. The van der Waals surface area contributed by atoms with Gasteiger partial charge in [-0.2, -0.15) is 4.57 Å². The highest BCUT2D eigenvalue weighted by molar-refractivity contribution is 8.00. The zero-order valence-corrected chi connectivity index (χ0v) is 24.3. The first-order valence-corrected chi connectivity index (χ1v) is 15.5. The van der Waals surface area contributed by atoms with E-state index in [1.807, 2.05) is 28.3 Å². The molecule has 1 saturated carbocycles. The summed E-state index contributed by atoms with van der Waals surface area (Å²) in [4.78, 5) is 62.7. The number of thiophene rings is 1. The molecular weight excluding hydrogens is 605 g/mol. The molecule has 218 valence electrons. The molecule has 5 heterocycles. The van der Waals surface area contributed by atoms with Crippen LogP contribution in [0.25, 0.3) is 10.2 Å². The monoisotopic (exact) mass is 629 g/mol. The fourth-order valence-electron chi connectivity index (χ4n) is 5.03. The van der Waals surface area contributed by atoms with Crippen LogP contribution in [-0.2, 0) is 30.6 Å². The van der Waals surface area contributed by atoms with E-state index in [9.17, 15) is 24.3 Å². The number of carbonyl (C=O) groups excluding carboxylic acids is 3. The van der Waals surface area contributed by atoms with Gasteiger partial charge in [0, 0.05) is 28.2 Å². The number of pyridine rings is 1. The zero-order valence-electron chi connectivity index (χ0n) is 21.8. The number of aromatic nitrogens is 2. The number of oxime groups is 1. The van der Waals surface area contributed by atoms with Crippen molar-refractivity contribution in [3.63, 3.8) is 0 Å². The number of carboxylic acids is 1. The Bertz CT molecular complexity index is 1710. The van der Waals surface area contributed by atoms with Crippen LogP contribution in [0.3, 0.4) is 0 Å². The van der Waals surface area contributed by atoms with Crippen molar-refractivity contribution in [2.45, 2.75) is 42.8 Å². The number of nitrogens with two attached hydrogens (primary N) is 3. The minimum absolute atomic E-state index is 0.0997. The standard InChI is InChI=1S/C25H24N8O6S3/c26-13-9-41-20-12(13)3-1-6-32(20)7-11-8-40-21-16(19(35)33(21)17(11)22(36)37)30-18(34)15(14-10-42-24(28)29-14)31-39-25(23(27)38)4-2-5-25/h1,3,6,9-10,16,21H,2,4-5,7-8,26H2,(H5-,27,28,29,30,34,36,37,38)/p+1/b31-15-/t16?,21-/m1/s1. The average molecular weight is 630 g/mol. The molecule has 3 aromatic rings. The molecule has 0 bridgehead atoms. The van der Waals surface area contributed by atoms with Crippen LogP contribution < -0.4 is 27.1 Å². The Morgan fingerprint density at radius 1 is 1.26 bits per heavy atom. The van der Waals surface area contributed by atoms with E-state index in [1.54, 1.807) is 0 Å². The summed E-state index contributed by atoms with van der Waals surface area (Å²) < 4.78 is 1.91. The van der Waals surface area contributed by atoms with Gasteiger partial charge < -0.3 is 32.5 Å². The van der Waals surface area contributed by atoms with Crippen LogP contribution in [0.5, 0.6) is 0 Å². The highest BCUT2D eigenvalue weighted by atomic mass is 32.2. The van der Waals surface area contributed by atoms with Crippen LogP contribution in [0.1, 0.15) is 25.0 Å². The van der Waals surface area contributed by atoms with Crippen molar-refractivity contribution in [1.29, 1.82) is 0 Å². The van der Waals surface area contributed by atoms with Crippen LogP contribution in [0.4, 0.5) is 10.8 Å². The van der Waals surface area contributed by atoms with Gasteiger partial charge in [-0.3, -0.25) is 19.3 Å². The van der Waals surface area contributed by atoms with Gasteiger partial charge in [-0.05, 0) is 25.3 Å². The number of anilines is 2. The van der Waals surface area contributed by atoms with E-state index in [0.717, 1.165) is 21.6 Å². The fourth-order valence-corrected chi connectivity index (χ4v) is 7.85. The van der Waals surface area contributed by atoms with Crippen molar-refractivity contribution in [2.75, 3.05) is 17.2 Å². The van der Waals surface area contributed by atoms with Gasteiger partial charge in [-0.25, -0.2) is 9.78 Å². The molecule has 17 heteroatoms. The Labute approximate surface area is 250 Å². The number of amides is 3. The lowest BCUT2D eigenvalue weighted by Crippen LogP contribution is -2.71. The molecule has 0 aromatic carbocycles. The molecule has 8 N–H and O–H groups in total. The van der Waals surface area contributed by atoms with Crippen LogP contribution >= 0.6 is 34.4 Å². The number of fused-ring (bicyclic) bond motifs is 2. The lowest BCUT2D eigenvalue weighted by atomic mass is 9.80. The van der Waals surface area contributed by atoms with Crippen molar-refractivity contribution >= 4 is 84.9 Å². The molecular formula is C25H25N8O6S3+. The van der Waals surface area contributed by atoms with E-state index in [0.29, 0.717) is 36.3 Å². The lowest BCUT2D eigenvalue weighted by molar-refractivity contribution is -0.661. The van der Waals surface area contributed by atoms with Crippen molar-refractivity contribution < 1.29 is 33.7 Å². The van der Waals surface area contributed by atoms with E-state index in [4.69, 9.17) is 22.0 Å². The third-order valence-electron chi connectivity index (χ3n) is 7.43. The van der Waals surface area contributed by atoms with E-state index < -0.39 is 40.7 Å².